The van der Waals surface area contributed by atoms with E-state index < -0.39 is 29.8 Å². The van der Waals surface area contributed by atoms with E-state index in [1.807, 2.05) is 0 Å². The van der Waals surface area contributed by atoms with Gasteiger partial charge in [0, 0.05) is 0 Å². The lowest BCUT2D eigenvalue weighted by Crippen LogP contribution is -2.48. The second-order valence-electron chi connectivity index (χ2n) is 4.27. The van der Waals surface area contributed by atoms with E-state index in [-0.39, 0.29) is 12.2 Å². The number of methoxy groups -OCH3 is 1. The van der Waals surface area contributed by atoms with Crippen LogP contribution in [0.2, 0.25) is 0 Å². The number of ether oxygens (including phenoxy) is 1. The lowest BCUT2D eigenvalue weighted by molar-refractivity contribution is -0.144. The predicted octanol–water partition coefficient (Wildman–Crippen LogP) is 0.327. The summed E-state index contributed by atoms with van der Waals surface area (Å²) in [5.41, 5.74) is 0.371. The summed E-state index contributed by atoms with van der Waals surface area (Å²) in [7, 11) is 1.32. The van der Waals surface area contributed by atoms with E-state index in [1.54, 1.807) is 0 Å². The number of hydrogen-bond acceptors (Lipinski definition) is 4. The molecule has 0 aliphatic rings. The van der Waals surface area contributed by atoms with Crippen LogP contribution in [0.25, 0.3) is 0 Å². The fraction of sp³-hybridized carbons (Fsp3) is 0.385. The van der Waals surface area contributed by atoms with Crippen LogP contribution in [-0.4, -0.2) is 41.3 Å². The first-order valence-corrected chi connectivity index (χ1v) is 5.87. The van der Waals surface area contributed by atoms with E-state index in [4.69, 9.17) is 9.84 Å². The van der Waals surface area contributed by atoms with Gasteiger partial charge in [-0.15, -0.1) is 0 Å². The molecule has 0 fully saturated rings. The molecule has 1 aromatic carbocycles. The molecule has 0 saturated carbocycles. The second-order valence-corrected chi connectivity index (χ2v) is 4.27. The van der Waals surface area contributed by atoms with Gasteiger partial charge in [0.15, 0.2) is 17.6 Å². The molecule has 1 rings (SSSR count). The van der Waals surface area contributed by atoms with Gasteiger partial charge in [0.05, 0.1) is 19.6 Å². The molecule has 0 saturated heterocycles. The third-order valence-corrected chi connectivity index (χ3v) is 2.65. The first-order chi connectivity index (χ1) is 9.35. The number of carbonyl (C=O) groups excluding carboxylic acids is 1. The van der Waals surface area contributed by atoms with Crippen molar-refractivity contribution in [1.82, 2.24) is 5.32 Å². The van der Waals surface area contributed by atoms with Gasteiger partial charge in [-0.3, -0.25) is 4.79 Å². The Morgan fingerprint density at radius 2 is 2.10 bits per heavy atom. The van der Waals surface area contributed by atoms with Crippen molar-refractivity contribution in [3.05, 3.63) is 29.6 Å². The Balaban J connectivity index is 2.71. The molecule has 1 aromatic rings. The van der Waals surface area contributed by atoms with Crippen molar-refractivity contribution in [3.63, 3.8) is 0 Å². The van der Waals surface area contributed by atoms with Gasteiger partial charge < -0.3 is 20.3 Å². The molecular formula is C13H16FNO5. The normalized spacial score (nSPS) is 13.4. The molecule has 3 N–H and O–H groups in total. The molecule has 110 valence electrons. The lowest BCUT2D eigenvalue weighted by atomic mass is 10.1. The molecule has 0 aromatic heterocycles. The van der Waals surface area contributed by atoms with Crippen LogP contribution in [0.4, 0.5) is 4.39 Å². The number of benzene rings is 1. The number of carboxylic acids is 1. The maximum absolute atomic E-state index is 13.4. The molecule has 6 nitrogen and oxygen atoms in total. The topological polar surface area (TPSA) is 95.9 Å². The van der Waals surface area contributed by atoms with Crippen molar-refractivity contribution < 1.29 is 28.9 Å². The summed E-state index contributed by atoms with van der Waals surface area (Å²) in [6.45, 7) is 1.26. The molecule has 1 amide bonds. The van der Waals surface area contributed by atoms with Crippen molar-refractivity contribution in [2.45, 2.75) is 25.5 Å². The third kappa shape index (κ3) is 4.20. The number of carboxylic acid groups (broad SMARTS) is 1. The maximum Gasteiger partial charge on any atom is 0.328 e. The van der Waals surface area contributed by atoms with Gasteiger partial charge in [-0.1, -0.05) is 6.07 Å². The highest BCUT2D eigenvalue weighted by Crippen LogP contribution is 2.17. The van der Waals surface area contributed by atoms with E-state index in [9.17, 15) is 19.1 Å². The average molecular weight is 285 g/mol. The van der Waals surface area contributed by atoms with Crippen molar-refractivity contribution in [2.24, 2.45) is 0 Å². The molecule has 2 atom stereocenters. The zero-order chi connectivity index (χ0) is 15.3. The van der Waals surface area contributed by atoms with Crippen LogP contribution in [0.5, 0.6) is 5.75 Å². The van der Waals surface area contributed by atoms with Crippen LogP contribution in [0.1, 0.15) is 12.5 Å². The molecule has 0 heterocycles. The van der Waals surface area contributed by atoms with E-state index in [1.165, 1.54) is 26.2 Å². The minimum Gasteiger partial charge on any atom is -0.494 e. The van der Waals surface area contributed by atoms with Crippen LogP contribution in [0.3, 0.4) is 0 Å². The zero-order valence-corrected chi connectivity index (χ0v) is 11.1. The molecule has 0 radical (unpaired) electrons. The monoisotopic (exact) mass is 285 g/mol. The second kappa shape index (κ2) is 6.85. The molecule has 0 aliphatic carbocycles. The Morgan fingerprint density at radius 1 is 1.45 bits per heavy atom. The lowest BCUT2D eigenvalue weighted by Gasteiger charge is -2.17. The first kappa shape index (κ1) is 15.9. The van der Waals surface area contributed by atoms with Crippen LogP contribution < -0.4 is 10.1 Å². The Bertz CT molecular complexity index is 504. The molecule has 0 bridgehead atoms. The van der Waals surface area contributed by atoms with Gasteiger partial charge in [0.1, 0.15) is 0 Å². The quantitative estimate of drug-likeness (QED) is 0.700. The number of nitrogens with one attached hydrogen (secondary N) is 1. The van der Waals surface area contributed by atoms with Crippen LogP contribution in [0, 0.1) is 5.82 Å². The Morgan fingerprint density at radius 3 is 2.55 bits per heavy atom. The number of amides is 1. The van der Waals surface area contributed by atoms with E-state index in [0.717, 1.165) is 6.07 Å². The number of aliphatic hydroxyl groups is 1. The summed E-state index contributed by atoms with van der Waals surface area (Å²) in [5.74, 6) is -2.51. The highest BCUT2D eigenvalue weighted by Gasteiger charge is 2.24. The number of aliphatic hydroxyl groups excluding tert-OH is 1. The largest absolute Gasteiger partial charge is 0.494 e. The van der Waals surface area contributed by atoms with Crippen LogP contribution in [-0.2, 0) is 16.0 Å². The Kier molecular flexibility index (Phi) is 5.45. The van der Waals surface area contributed by atoms with Gasteiger partial charge in [0.2, 0.25) is 5.91 Å². The molecule has 0 spiro atoms. The fourth-order valence-electron chi connectivity index (χ4n) is 1.62. The van der Waals surface area contributed by atoms with E-state index in [2.05, 4.69) is 5.32 Å². The van der Waals surface area contributed by atoms with Gasteiger partial charge in [-0.2, -0.15) is 0 Å². The molecule has 7 heteroatoms. The van der Waals surface area contributed by atoms with Gasteiger partial charge >= 0.3 is 5.97 Å². The third-order valence-electron chi connectivity index (χ3n) is 2.65. The zero-order valence-electron chi connectivity index (χ0n) is 11.1. The van der Waals surface area contributed by atoms with Crippen molar-refractivity contribution in [1.29, 1.82) is 0 Å². The smallest absolute Gasteiger partial charge is 0.328 e. The maximum atomic E-state index is 13.4. The molecular weight excluding hydrogens is 269 g/mol. The first-order valence-electron chi connectivity index (χ1n) is 5.87. The molecule has 20 heavy (non-hydrogen) atoms. The van der Waals surface area contributed by atoms with Crippen molar-refractivity contribution >= 4 is 11.9 Å². The molecule has 0 unspecified atom stereocenters. The number of carbonyl (C=O) groups is 2. The highest BCUT2D eigenvalue weighted by atomic mass is 19.1. The average Bonchev–Trinajstić information content (AvgIpc) is 2.35. The van der Waals surface area contributed by atoms with Crippen molar-refractivity contribution in [3.8, 4) is 5.75 Å². The Labute approximate surface area is 115 Å². The van der Waals surface area contributed by atoms with Gasteiger partial charge in [-0.25, -0.2) is 9.18 Å². The number of hydrogen-bond donors (Lipinski definition) is 3. The SMILES string of the molecule is COc1ccc(CC(=O)N[C@H](C(=O)O)[C@@H](C)O)cc1F. The summed E-state index contributed by atoms with van der Waals surface area (Å²) in [4.78, 5) is 22.5. The highest BCUT2D eigenvalue weighted by molar-refractivity contribution is 5.85. The fourth-order valence-corrected chi connectivity index (χ4v) is 1.62. The number of halogens is 1. The summed E-state index contributed by atoms with van der Waals surface area (Å²) in [6, 6.07) is 2.61. The summed E-state index contributed by atoms with van der Waals surface area (Å²) >= 11 is 0. The minimum atomic E-state index is -1.40. The van der Waals surface area contributed by atoms with E-state index in [0.29, 0.717) is 5.56 Å². The van der Waals surface area contributed by atoms with Crippen LogP contribution >= 0.6 is 0 Å². The van der Waals surface area contributed by atoms with Crippen molar-refractivity contribution in [2.75, 3.05) is 7.11 Å². The summed E-state index contributed by atoms with van der Waals surface area (Å²) in [5, 5.41) is 20.2. The van der Waals surface area contributed by atoms with Crippen LogP contribution in [0.15, 0.2) is 18.2 Å². The van der Waals surface area contributed by atoms with E-state index >= 15 is 0 Å². The van der Waals surface area contributed by atoms with Gasteiger partial charge in [0.25, 0.3) is 0 Å². The minimum absolute atomic E-state index is 0.0570. The Hall–Kier alpha value is -2.15. The number of rotatable bonds is 6. The van der Waals surface area contributed by atoms with Gasteiger partial charge in [-0.05, 0) is 24.6 Å². The predicted molar refractivity (Wildman–Crippen MR) is 67.9 cm³/mol. The molecule has 0 aliphatic heterocycles. The summed E-state index contributed by atoms with van der Waals surface area (Å²) < 4.78 is 18.2. The number of aliphatic carboxylic acids is 1. The standard InChI is InChI=1S/C13H16FNO5/c1-7(16)12(13(18)19)15-11(17)6-8-3-4-10(20-2)9(14)5-8/h3-5,7,12,16H,6H2,1-2H3,(H,15,17)(H,18,19)/t7-,12+/m1/s1. The summed E-state index contributed by atoms with van der Waals surface area (Å²) in [6.07, 6.45) is -1.43.